The van der Waals surface area contributed by atoms with Crippen LogP contribution in [0.4, 0.5) is 10.1 Å². The standard InChI is InChI=1S/C10H14FN3/c11-10-9(13)4-7(5-14-10)8(12)3-6-1-2-6/h4-6,8H,1-3,12-13H2. The first-order valence-electron chi connectivity index (χ1n) is 4.83. The van der Waals surface area contributed by atoms with E-state index in [9.17, 15) is 4.39 Å². The van der Waals surface area contributed by atoms with E-state index >= 15 is 0 Å². The predicted octanol–water partition coefficient (Wildman–Crippen LogP) is 1.60. The van der Waals surface area contributed by atoms with Crippen molar-refractivity contribution in [2.24, 2.45) is 11.7 Å². The summed E-state index contributed by atoms with van der Waals surface area (Å²) >= 11 is 0. The lowest BCUT2D eigenvalue weighted by molar-refractivity contribution is 0.571. The maximum absolute atomic E-state index is 12.8. The minimum absolute atomic E-state index is 0.0575. The van der Waals surface area contributed by atoms with E-state index in [-0.39, 0.29) is 11.7 Å². The van der Waals surface area contributed by atoms with Crippen LogP contribution in [-0.2, 0) is 0 Å². The topological polar surface area (TPSA) is 64.9 Å². The fraction of sp³-hybridized carbons (Fsp3) is 0.500. The van der Waals surface area contributed by atoms with E-state index in [1.165, 1.54) is 19.0 Å². The quantitative estimate of drug-likeness (QED) is 0.720. The summed E-state index contributed by atoms with van der Waals surface area (Å²) in [4.78, 5) is 3.56. The molecule has 0 aromatic carbocycles. The Morgan fingerprint density at radius 2 is 2.29 bits per heavy atom. The molecule has 2 rings (SSSR count). The highest BCUT2D eigenvalue weighted by molar-refractivity contribution is 5.39. The number of nitrogens with two attached hydrogens (primary N) is 2. The number of nitrogen functional groups attached to an aromatic ring is 1. The Morgan fingerprint density at radius 1 is 1.57 bits per heavy atom. The average molecular weight is 195 g/mol. The van der Waals surface area contributed by atoms with Crippen LogP contribution in [0.15, 0.2) is 12.3 Å². The van der Waals surface area contributed by atoms with Gasteiger partial charge in [0.2, 0.25) is 5.95 Å². The zero-order valence-corrected chi connectivity index (χ0v) is 7.91. The largest absolute Gasteiger partial charge is 0.395 e. The van der Waals surface area contributed by atoms with Gasteiger partial charge in [0.1, 0.15) is 0 Å². The van der Waals surface area contributed by atoms with Gasteiger partial charge in [-0.25, -0.2) is 4.98 Å². The molecule has 14 heavy (non-hydrogen) atoms. The van der Waals surface area contributed by atoms with Gasteiger partial charge in [0.05, 0.1) is 5.69 Å². The van der Waals surface area contributed by atoms with Crippen LogP contribution in [0.2, 0.25) is 0 Å². The summed E-state index contributed by atoms with van der Waals surface area (Å²) in [6, 6.07) is 1.52. The number of rotatable bonds is 3. The third kappa shape index (κ3) is 2.01. The Labute approximate surface area is 82.3 Å². The van der Waals surface area contributed by atoms with Crippen molar-refractivity contribution in [2.75, 3.05) is 5.73 Å². The molecule has 1 heterocycles. The van der Waals surface area contributed by atoms with Crippen molar-refractivity contribution in [1.82, 2.24) is 4.98 Å². The summed E-state index contributed by atoms with van der Waals surface area (Å²) < 4.78 is 12.8. The van der Waals surface area contributed by atoms with Crippen LogP contribution in [-0.4, -0.2) is 4.98 Å². The minimum Gasteiger partial charge on any atom is -0.395 e. The lowest BCUT2D eigenvalue weighted by atomic mass is 10.0. The summed E-state index contributed by atoms with van der Waals surface area (Å²) in [6.45, 7) is 0. The van der Waals surface area contributed by atoms with Crippen LogP contribution in [0, 0.1) is 11.9 Å². The Hall–Kier alpha value is -1.16. The molecule has 3 nitrogen and oxygen atoms in total. The Kier molecular flexibility index (Phi) is 2.37. The smallest absolute Gasteiger partial charge is 0.236 e. The van der Waals surface area contributed by atoms with Gasteiger partial charge < -0.3 is 11.5 Å². The molecule has 4 heteroatoms. The lowest BCUT2D eigenvalue weighted by Crippen LogP contribution is -2.12. The van der Waals surface area contributed by atoms with Crippen LogP contribution in [0.1, 0.15) is 30.9 Å². The SMILES string of the molecule is Nc1cc(C(N)CC2CC2)cnc1F. The number of pyridine rings is 1. The Bertz CT molecular complexity index is 336. The highest BCUT2D eigenvalue weighted by atomic mass is 19.1. The molecule has 0 aliphatic heterocycles. The van der Waals surface area contributed by atoms with Crippen LogP contribution >= 0.6 is 0 Å². The second-order valence-corrected chi connectivity index (χ2v) is 3.93. The van der Waals surface area contributed by atoms with Crippen molar-refractivity contribution in [2.45, 2.75) is 25.3 Å². The summed E-state index contributed by atoms with van der Waals surface area (Å²) in [5.74, 6) is 0.128. The second kappa shape index (κ2) is 3.53. The van der Waals surface area contributed by atoms with E-state index < -0.39 is 5.95 Å². The molecular weight excluding hydrogens is 181 g/mol. The summed E-state index contributed by atoms with van der Waals surface area (Å²) in [6.07, 6.45) is 4.95. The molecular formula is C10H14FN3. The maximum Gasteiger partial charge on any atom is 0.236 e. The van der Waals surface area contributed by atoms with Crippen LogP contribution in [0.25, 0.3) is 0 Å². The summed E-state index contributed by atoms with van der Waals surface area (Å²) in [5, 5.41) is 0. The van der Waals surface area contributed by atoms with Gasteiger partial charge in [-0.3, -0.25) is 0 Å². The third-order valence-corrected chi connectivity index (χ3v) is 2.60. The van der Waals surface area contributed by atoms with Gasteiger partial charge in [0.15, 0.2) is 0 Å². The molecule has 1 unspecified atom stereocenters. The number of hydrogen-bond donors (Lipinski definition) is 2. The first-order valence-corrected chi connectivity index (χ1v) is 4.83. The molecule has 0 bridgehead atoms. The Balaban J connectivity index is 2.10. The molecule has 76 valence electrons. The van der Waals surface area contributed by atoms with Crippen molar-refractivity contribution >= 4 is 5.69 Å². The van der Waals surface area contributed by atoms with Crippen molar-refractivity contribution < 1.29 is 4.39 Å². The molecule has 1 aromatic rings. The third-order valence-electron chi connectivity index (χ3n) is 2.60. The number of anilines is 1. The number of aromatic nitrogens is 1. The van der Waals surface area contributed by atoms with E-state index in [2.05, 4.69) is 4.98 Å². The normalized spacial score (nSPS) is 18.1. The van der Waals surface area contributed by atoms with E-state index in [1.54, 1.807) is 6.07 Å². The monoisotopic (exact) mass is 195 g/mol. The molecule has 1 saturated carbocycles. The van der Waals surface area contributed by atoms with Crippen molar-refractivity contribution in [3.05, 3.63) is 23.8 Å². The van der Waals surface area contributed by atoms with E-state index in [0.717, 1.165) is 17.9 Å². The molecule has 0 saturated heterocycles. The molecule has 4 N–H and O–H groups in total. The average Bonchev–Trinajstić information content (AvgIpc) is 2.93. The van der Waals surface area contributed by atoms with Gasteiger partial charge in [-0.2, -0.15) is 4.39 Å². The summed E-state index contributed by atoms with van der Waals surface area (Å²) in [7, 11) is 0. The maximum atomic E-state index is 12.8. The van der Waals surface area contributed by atoms with E-state index in [4.69, 9.17) is 11.5 Å². The lowest BCUT2D eigenvalue weighted by Gasteiger charge is -2.11. The Morgan fingerprint density at radius 3 is 2.86 bits per heavy atom. The summed E-state index contributed by atoms with van der Waals surface area (Å²) in [5.41, 5.74) is 12.3. The highest BCUT2D eigenvalue weighted by Crippen LogP contribution is 2.36. The number of halogens is 1. The minimum atomic E-state index is -0.618. The van der Waals surface area contributed by atoms with Crippen LogP contribution in [0.5, 0.6) is 0 Å². The molecule has 0 spiro atoms. The first kappa shape index (κ1) is 9.40. The van der Waals surface area contributed by atoms with Gasteiger partial charge in [-0.05, 0) is 24.0 Å². The van der Waals surface area contributed by atoms with Gasteiger partial charge in [0, 0.05) is 12.2 Å². The molecule has 1 fully saturated rings. The van der Waals surface area contributed by atoms with Gasteiger partial charge in [-0.15, -0.1) is 0 Å². The molecule has 1 atom stereocenters. The van der Waals surface area contributed by atoms with Crippen LogP contribution < -0.4 is 11.5 Å². The first-order chi connectivity index (χ1) is 6.66. The molecule has 0 radical (unpaired) electrons. The number of nitrogens with zero attached hydrogens (tertiary/aromatic N) is 1. The highest BCUT2D eigenvalue weighted by Gasteiger charge is 2.24. The van der Waals surface area contributed by atoms with Gasteiger partial charge in [0.25, 0.3) is 0 Å². The number of hydrogen-bond acceptors (Lipinski definition) is 3. The zero-order valence-electron chi connectivity index (χ0n) is 7.91. The molecule has 0 amide bonds. The molecule has 1 aliphatic carbocycles. The zero-order chi connectivity index (χ0) is 10.1. The van der Waals surface area contributed by atoms with Crippen molar-refractivity contribution in [1.29, 1.82) is 0 Å². The van der Waals surface area contributed by atoms with E-state index in [0.29, 0.717) is 0 Å². The fourth-order valence-electron chi connectivity index (χ4n) is 1.53. The fourth-order valence-corrected chi connectivity index (χ4v) is 1.53. The van der Waals surface area contributed by atoms with Crippen molar-refractivity contribution in [3.63, 3.8) is 0 Å². The molecule has 1 aliphatic rings. The van der Waals surface area contributed by atoms with Gasteiger partial charge >= 0.3 is 0 Å². The molecule has 1 aromatic heterocycles. The van der Waals surface area contributed by atoms with Gasteiger partial charge in [-0.1, -0.05) is 12.8 Å². The van der Waals surface area contributed by atoms with Crippen LogP contribution in [0.3, 0.4) is 0 Å². The predicted molar refractivity (Wildman–Crippen MR) is 52.9 cm³/mol. The van der Waals surface area contributed by atoms with E-state index in [1.807, 2.05) is 0 Å². The van der Waals surface area contributed by atoms with Crippen molar-refractivity contribution in [3.8, 4) is 0 Å². The second-order valence-electron chi connectivity index (χ2n) is 3.93.